The van der Waals surface area contributed by atoms with Crippen LogP contribution >= 0.6 is 11.6 Å². The van der Waals surface area contributed by atoms with Gasteiger partial charge in [-0.1, -0.05) is 41.4 Å². The molecule has 35 heavy (non-hydrogen) atoms. The summed E-state index contributed by atoms with van der Waals surface area (Å²) in [6.45, 7) is 3.16. The second-order valence-corrected chi connectivity index (χ2v) is 8.70. The van der Waals surface area contributed by atoms with E-state index >= 15 is 0 Å². The molecule has 180 valence electrons. The number of hydrogen-bond acceptors (Lipinski definition) is 4. The van der Waals surface area contributed by atoms with Gasteiger partial charge in [0.2, 0.25) is 5.91 Å². The summed E-state index contributed by atoms with van der Waals surface area (Å²) in [5.41, 5.74) is 3.29. The number of benzene rings is 3. The number of aryl methyl sites for hydroxylation is 1. The van der Waals surface area contributed by atoms with Crippen molar-refractivity contribution in [2.75, 3.05) is 30.0 Å². The fourth-order valence-corrected chi connectivity index (χ4v) is 3.78. The van der Waals surface area contributed by atoms with E-state index in [0.29, 0.717) is 35.3 Å². The molecule has 1 N–H and O–H groups in total. The molecule has 7 heteroatoms. The summed E-state index contributed by atoms with van der Waals surface area (Å²) in [4.78, 5) is 26.7. The Kier molecular flexibility index (Phi) is 8.06. The molecular weight excluding hydrogens is 464 g/mol. The van der Waals surface area contributed by atoms with E-state index < -0.39 is 0 Å². The lowest BCUT2D eigenvalue weighted by Gasteiger charge is -2.30. The molecule has 1 aliphatic rings. The van der Waals surface area contributed by atoms with Crippen molar-refractivity contribution in [2.45, 2.75) is 19.8 Å². The number of hydrogen-bond donors (Lipinski definition) is 1. The van der Waals surface area contributed by atoms with E-state index in [9.17, 15) is 9.59 Å². The Morgan fingerprint density at radius 3 is 2.63 bits per heavy atom. The molecule has 0 saturated heterocycles. The van der Waals surface area contributed by atoms with Gasteiger partial charge in [-0.15, -0.1) is 0 Å². The smallest absolute Gasteiger partial charge is 0.265 e. The van der Waals surface area contributed by atoms with E-state index in [1.165, 1.54) is 11.6 Å². The minimum absolute atomic E-state index is 0.00238. The summed E-state index contributed by atoms with van der Waals surface area (Å²) in [6.07, 6.45) is 4.75. The maximum atomic E-state index is 12.6. The van der Waals surface area contributed by atoms with Crippen LogP contribution in [0.4, 0.5) is 11.4 Å². The number of unbranched alkanes of at least 4 members (excludes halogenated alkanes) is 1. The Balaban J connectivity index is 1.33. The number of halogens is 1. The highest BCUT2D eigenvalue weighted by Gasteiger charge is 2.25. The molecule has 6 nitrogen and oxygen atoms in total. The Morgan fingerprint density at radius 2 is 1.86 bits per heavy atom. The highest BCUT2D eigenvalue weighted by Crippen LogP contribution is 2.34. The van der Waals surface area contributed by atoms with Crippen molar-refractivity contribution in [3.8, 4) is 11.5 Å². The van der Waals surface area contributed by atoms with E-state index in [1.54, 1.807) is 41.3 Å². The van der Waals surface area contributed by atoms with Gasteiger partial charge in [-0.25, -0.2) is 0 Å². The van der Waals surface area contributed by atoms with Gasteiger partial charge >= 0.3 is 0 Å². The summed E-state index contributed by atoms with van der Waals surface area (Å²) in [5, 5.41) is 3.48. The van der Waals surface area contributed by atoms with E-state index in [2.05, 4.69) is 5.32 Å². The molecule has 0 unspecified atom stereocenters. The second-order valence-electron chi connectivity index (χ2n) is 8.26. The summed E-state index contributed by atoms with van der Waals surface area (Å²) < 4.78 is 11.4. The minimum atomic E-state index is -0.275. The average molecular weight is 491 g/mol. The Labute approximate surface area is 210 Å². The van der Waals surface area contributed by atoms with E-state index in [1.807, 2.05) is 43.3 Å². The lowest BCUT2D eigenvalue weighted by molar-refractivity contribution is -0.121. The van der Waals surface area contributed by atoms with Crippen molar-refractivity contribution < 1.29 is 19.1 Å². The van der Waals surface area contributed by atoms with Crippen LogP contribution in [0.15, 0.2) is 72.8 Å². The number of amides is 2. The largest absolute Gasteiger partial charge is 0.494 e. The van der Waals surface area contributed by atoms with Gasteiger partial charge in [-0.2, -0.15) is 0 Å². The zero-order valence-corrected chi connectivity index (χ0v) is 20.3. The van der Waals surface area contributed by atoms with Crippen molar-refractivity contribution in [3.05, 3.63) is 89.0 Å². The molecule has 0 aliphatic carbocycles. The quantitative estimate of drug-likeness (QED) is 0.300. The SMILES string of the molecule is Cc1ccc(OCCCCN2C(=O)COc3ccc(NC(=O)/C=C/c4ccc(Cl)cc4)cc32)cc1. The number of carbonyl (C=O) groups excluding carboxylic acids is 2. The van der Waals surface area contributed by atoms with Crippen LogP contribution in [0.3, 0.4) is 0 Å². The van der Waals surface area contributed by atoms with Gasteiger partial charge in [0.1, 0.15) is 11.5 Å². The van der Waals surface area contributed by atoms with Crippen LogP contribution in [0.5, 0.6) is 11.5 Å². The highest BCUT2D eigenvalue weighted by atomic mass is 35.5. The topological polar surface area (TPSA) is 67.9 Å². The first-order chi connectivity index (χ1) is 17.0. The third-order valence-electron chi connectivity index (χ3n) is 5.53. The van der Waals surface area contributed by atoms with Crippen LogP contribution < -0.4 is 19.7 Å². The summed E-state index contributed by atoms with van der Waals surface area (Å²) in [7, 11) is 0. The summed E-state index contributed by atoms with van der Waals surface area (Å²) in [5.74, 6) is 1.08. The van der Waals surface area contributed by atoms with Crippen LogP contribution in [-0.2, 0) is 9.59 Å². The number of anilines is 2. The second kappa shape index (κ2) is 11.6. The lowest BCUT2D eigenvalue weighted by atomic mass is 10.2. The maximum absolute atomic E-state index is 12.6. The molecule has 0 bridgehead atoms. The molecule has 2 amide bonds. The van der Waals surface area contributed by atoms with Gasteiger partial charge in [0.15, 0.2) is 6.61 Å². The lowest BCUT2D eigenvalue weighted by Crippen LogP contribution is -2.39. The summed E-state index contributed by atoms with van der Waals surface area (Å²) >= 11 is 5.89. The minimum Gasteiger partial charge on any atom is -0.494 e. The molecule has 0 spiro atoms. The van der Waals surface area contributed by atoms with Gasteiger partial charge in [0, 0.05) is 23.3 Å². The van der Waals surface area contributed by atoms with Crippen molar-refractivity contribution in [3.63, 3.8) is 0 Å². The van der Waals surface area contributed by atoms with Crippen LogP contribution in [0.1, 0.15) is 24.0 Å². The Hall–Kier alpha value is -3.77. The third kappa shape index (κ3) is 6.87. The maximum Gasteiger partial charge on any atom is 0.265 e. The first-order valence-corrected chi connectivity index (χ1v) is 11.9. The zero-order chi connectivity index (χ0) is 24.6. The van der Waals surface area contributed by atoms with Gasteiger partial charge in [-0.3, -0.25) is 9.59 Å². The summed E-state index contributed by atoms with van der Waals surface area (Å²) in [6, 6.07) is 20.4. The zero-order valence-electron chi connectivity index (χ0n) is 19.5. The first-order valence-electron chi connectivity index (χ1n) is 11.5. The monoisotopic (exact) mass is 490 g/mol. The van der Waals surface area contributed by atoms with Gasteiger partial charge in [0.25, 0.3) is 5.91 Å². The standard InChI is InChI=1S/C28H27ClN2O4/c1-20-4-12-24(13-5-20)34-17-3-2-16-31-25-18-23(11-14-26(25)35-19-28(31)33)30-27(32)15-8-21-6-9-22(29)10-7-21/h4-15,18H,2-3,16-17,19H2,1H3,(H,30,32)/b15-8+. The first kappa shape index (κ1) is 24.4. The van der Waals surface area contributed by atoms with Crippen LogP contribution in [0.2, 0.25) is 5.02 Å². The predicted octanol–water partition coefficient (Wildman–Crippen LogP) is 5.88. The molecule has 0 aromatic heterocycles. The molecule has 0 radical (unpaired) electrons. The molecule has 1 heterocycles. The highest BCUT2D eigenvalue weighted by molar-refractivity contribution is 6.30. The fraction of sp³-hybridized carbons (Fsp3) is 0.214. The van der Waals surface area contributed by atoms with Gasteiger partial charge in [0.05, 0.1) is 12.3 Å². The molecule has 3 aromatic rings. The normalized spacial score (nSPS) is 12.9. The van der Waals surface area contributed by atoms with Crippen molar-refractivity contribution in [2.24, 2.45) is 0 Å². The molecule has 1 aliphatic heterocycles. The van der Waals surface area contributed by atoms with Crippen LogP contribution in [0.25, 0.3) is 6.08 Å². The van der Waals surface area contributed by atoms with E-state index in [4.69, 9.17) is 21.1 Å². The Bertz CT molecular complexity index is 1210. The molecule has 0 fully saturated rings. The molecule has 0 atom stereocenters. The number of nitrogens with zero attached hydrogens (tertiary/aromatic N) is 1. The third-order valence-corrected chi connectivity index (χ3v) is 5.78. The van der Waals surface area contributed by atoms with Crippen LogP contribution in [0, 0.1) is 6.92 Å². The van der Waals surface area contributed by atoms with E-state index in [-0.39, 0.29) is 18.4 Å². The number of fused-ring (bicyclic) bond motifs is 1. The number of ether oxygens (including phenoxy) is 2. The van der Waals surface area contributed by atoms with Crippen LogP contribution in [-0.4, -0.2) is 31.6 Å². The number of carbonyl (C=O) groups is 2. The van der Waals surface area contributed by atoms with Crippen molar-refractivity contribution in [1.82, 2.24) is 0 Å². The van der Waals surface area contributed by atoms with Crippen molar-refractivity contribution >= 4 is 40.9 Å². The molecule has 4 rings (SSSR count). The molecule has 0 saturated carbocycles. The van der Waals surface area contributed by atoms with Gasteiger partial charge in [-0.05, 0) is 73.9 Å². The van der Waals surface area contributed by atoms with Gasteiger partial charge < -0.3 is 19.7 Å². The van der Waals surface area contributed by atoms with Crippen molar-refractivity contribution in [1.29, 1.82) is 0 Å². The number of nitrogens with one attached hydrogen (secondary N) is 1. The predicted molar refractivity (Wildman–Crippen MR) is 139 cm³/mol. The fourth-order valence-electron chi connectivity index (χ4n) is 3.65. The number of rotatable bonds is 9. The Morgan fingerprint density at radius 1 is 1.09 bits per heavy atom. The molecule has 3 aromatic carbocycles. The average Bonchev–Trinajstić information content (AvgIpc) is 2.86. The molecular formula is C28H27ClN2O4. The van der Waals surface area contributed by atoms with E-state index in [0.717, 1.165) is 24.2 Å².